The normalized spacial score (nSPS) is 24.7. The van der Waals surface area contributed by atoms with Gasteiger partial charge in [-0.25, -0.2) is 0 Å². The first-order chi connectivity index (χ1) is 9.65. The van der Waals surface area contributed by atoms with E-state index in [0.29, 0.717) is 13.2 Å². The molecule has 0 bridgehead atoms. The molecule has 2 atom stereocenters. The van der Waals surface area contributed by atoms with Crippen LogP contribution in [0, 0.1) is 5.92 Å². The summed E-state index contributed by atoms with van der Waals surface area (Å²) in [4.78, 5) is 14.5. The van der Waals surface area contributed by atoms with Crippen LogP contribution < -0.4 is 0 Å². The second kappa shape index (κ2) is 6.37. The molecule has 1 aliphatic carbocycles. The van der Waals surface area contributed by atoms with E-state index in [9.17, 15) is 4.79 Å². The van der Waals surface area contributed by atoms with E-state index in [-0.39, 0.29) is 18.5 Å². The van der Waals surface area contributed by atoms with Crippen LogP contribution >= 0.6 is 0 Å². The van der Waals surface area contributed by atoms with Crippen LogP contribution in [-0.2, 0) is 14.9 Å². The molecule has 0 heterocycles. The zero-order valence-corrected chi connectivity index (χ0v) is 12.2. The van der Waals surface area contributed by atoms with Gasteiger partial charge in [0, 0.05) is 13.1 Å². The Morgan fingerprint density at radius 1 is 1.45 bits per heavy atom. The summed E-state index contributed by atoms with van der Waals surface area (Å²) < 4.78 is 5.29. The van der Waals surface area contributed by atoms with Crippen LogP contribution in [0.25, 0.3) is 0 Å². The fourth-order valence-electron chi connectivity index (χ4n) is 2.91. The maximum Gasteiger partial charge on any atom is 0.316 e. The number of hydrogen-bond acceptors (Lipinski definition) is 4. The van der Waals surface area contributed by atoms with Crippen LogP contribution in [0.2, 0.25) is 0 Å². The van der Waals surface area contributed by atoms with Crippen LogP contribution in [0.3, 0.4) is 0 Å². The first-order valence-corrected chi connectivity index (χ1v) is 7.17. The van der Waals surface area contributed by atoms with E-state index in [4.69, 9.17) is 9.84 Å². The summed E-state index contributed by atoms with van der Waals surface area (Å²) in [6, 6.07) is 9.88. The number of aliphatic hydroxyl groups is 1. The molecule has 4 nitrogen and oxygen atoms in total. The number of aliphatic hydroxyl groups excluding tert-OH is 1. The second-order valence-corrected chi connectivity index (χ2v) is 5.44. The van der Waals surface area contributed by atoms with Gasteiger partial charge in [0.05, 0.1) is 18.6 Å². The number of carbonyl (C=O) groups is 1. The Labute approximate surface area is 120 Å². The molecule has 20 heavy (non-hydrogen) atoms. The summed E-state index contributed by atoms with van der Waals surface area (Å²) in [5.41, 5.74) is 0.557. The summed E-state index contributed by atoms with van der Waals surface area (Å²) >= 11 is 0. The first kappa shape index (κ1) is 15.0. The number of esters is 1. The van der Waals surface area contributed by atoms with Gasteiger partial charge in [-0.3, -0.25) is 4.79 Å². The minimum absolute atomic E-state index is 0.117. The molecule has 110 valence electrons. The Balaban J connectivity index is 2.15. The highest BCUT2D eigenvalue weighted by Crippen LogP contribution is 2.55. The Hall–Kier alpha value is -1.39. The van der Waals surface area contributed by atoms with E-state index in [1.165, 1.54) is 0 Å². The lowest BCUT2D eigenvalue weighted by molar-refractivity contribution is -0.146. The Morgan fingerprint density at radius 3 is 2.75 bits per heavy atom. The van der Waals surface area contributed by atoms with Gasteiger partial charge < -0.3 is 14.7 Å². The third kappa shape index (κ3) is 2.86. The Morgan fingerprint density at radius 2 is 2.15 bits per heavy atom. The smallest absolute Gasteiger partial charge is 0.316 e. The van der Waals surface area contributed by atoms with Crippen molar-refractivity contribution < 1.29 is 14.6 Å². The maximum absolute atomic E-state index is 12.4. The van der Waals surface area contributed by atoms with Crippen molar-refractivity contribution in [1.82, 2.24) is 4.90 Å². The molecule has 2 rings (SSSR count). The summed E-state index contributed by atoms with van der Waals surface area (Å²) in [5, 5.41) is 8.98. The first-order valence-electron chi connectivity index (χ1n) is 7.17. The molecular weight excluding hydrogens is 254 g/mol. The molecule has 0 aliphatic heterocycles. The Kier molecular flexibility index (Phi) is 4.78. The van der Waals surface area contributed by atoms with Gasteiger partial charge in [-0.1, -0.05) is 30.3 Å². The standard InChI is InChI=1S/C16H23NO3/c1-3-20-15(19)16(13-7-5-4-6-8-13)11-14(16)12-17(2)9-10-18/h4-8,14,18H,3,9-12H2,1-2H3/t14-,16+/m1/s1. The molecule has 1 aromatic carbocycles. The molecule has 1 N–H and O–H groups in total. The third-order valence-electron chi connectivity index (χ3n) is 4.05. The molecule has 0 amide bonds. The van der Waals surface area contributed by atoms with Crippen molar-refractivity contribution in [3.8, 4) is 0 Å². The number of ether oxygens (including phenoxy) is 1. The van der Waals surface area contributed by atoms with Gasteiger partial charge in [0.25, 0.3) is 0 Å². The molecule has 0 aromatic heterocycles. The largest absolute Gasteiger partial charge is 0.465 e. The van der Waals surface area contributed by atoms with Crippen molar-refractivity contribution in [3.05, 3.63) is 35.9 Å². The van der Waals surface area contributed by atoms with Crippen LogP contribution in [0.4, 0.5) is 0 Å². The monoisotopic (exact) mass is 277 g/mol. The number of likely N-dealkylation sites (N-methyl/N-ethyl adjacent to an activating group) is 1. The highest BCUT2D eigenvalue weighted by Gasteiger charge is 2.62. The number of carbonyl (C=O) groups excluding carboxylic acids is 1. The van der Waals surface area contributed by atoms with Gasteiger partial charge in [0.2, 0.25) is 0 Å². The molecule has 1 saturated carbocycles. The molecule has 4 heteroatoms. The van der Waals surface area contributed by atoms with Gasteiger partial charge in [0.1, 0.15) is 0 Å². The zero-order chi connectivity index (χ0) is 14.6. The number of rotatable bonds is 7. The minimum atomic E-state index is -0.485. The molecule has 0 spiro atoms. The fourth-order valence-corrected chi connectivity index (χ4v) is 2.91. The topological polar surface area (TPSA) is 49.8 Å². The zero-order valence-electron chi connectivity index (χ0n) is 12.2. The highest BCUT2D eigenvalue weighted by molar-refractivity contribution is 5.87. The van der Waals surface area contributed by atoms with Crippen molar-refractivity contribution >= 4 is 5.97 Å². The van der Waals surface area contributed by atoms with Crippen LogP contribution in [0.5, 0.6) is 0 Å². The van der Waals surface area contributed by atoms with E-state index in [0.717, 1.165) is 18.5 Å². The van der Waals surface area contributed by atoms with Crippen LogP contribution in [0.1, 0.15) is 18.9 Å². The lowest BCUT2D eigenvalue weighted by Gasteiger charge is -2.20. The molecule has 1 aliphatic rings. The molecular formula is C16H23NO3. The van der Waals surface area contributed by atoms with Crippen molar-refractivity contribution in [2.45, 2.75) is 18.8 Å². The lowest BCUT2D eigenvalue weighted by Crippen LogP contribution is -2.31. The van der Waals surface area contributed by atoms with Crippen LogP contribution in [0.15, 0.2) is 30.3 Å². The summed E-state index contributed by atoms with van der Waals surface area (Å²) in [6.45, 7) is 3.82. The summed E-state index contributed by atoms with van der Waals surface area (Å²) in [6.07, 6.45) is 0.825. The SMILES string of the molecule is CCOC(=O)[C@]1(c2ccccc2)C[C@@H]1CN(C)CCO. The lowest BCUT2D eigenvalue weighted by atomic mass is 9.93. The van der Waals surface area contributed by atoms with Gasteiger partial charge in [-0.2, -0.15) is 0 Å². The molecule has 1 fully saturated rings. The number of hydrogen-bond donors (Lipinski definition) is 1. The van der Waals surface area contributed by atoms with Crippen molar-refractivity contribution in [2.24, 2.45) is 5.92 Å². The average molecular weight is 277 g/mol. The Bertz CT molecular complexity index is 448. The maximum atomic E-state index is 12.4. The second-order valence-electron chi connectivity index (χ2n) is 5.44. The molecule has 1 aromatic rings. The minimum Gasteiger partial charge on any atom is -0.465 e. The van der Waals surface area contributed by atoms with Gasteiger partial charge in [-0.05, 0) is 31.9 Å². The van der Waals surface area contributed by atoms with E-state index < -0.39 is 5.41 Å². The summed E-state index contributed by atoms with van der Waals surface area (Å²) in [5.74, 6) is 0.147. The van der Waals surface area contributed by atoms with Crippen molar-refractivity contribution in [2.75, 3.05) is 33.4 Å². The van der Waals surface area contributed by atoms with Gasteiger partial charge in [0.15, 0.2) is 0 Å². The van der Waals surface area contributed by atoms with E-state index in [2.05, 4.69) is 4.90 Å². The van der Waals surface area contributed by atoms with E-state index >= 15 is 0 Å². The van der Waals surface area contributed by atoms with Crippen molar-refractivity contribution in [1.29, 1.82) is 0 Å². The van der Waals surface area contributed by atoms with Gasteiger partial charge in [-0.15, -0.1) is 0 Å². The average Bonchev–Trinajstić information content (AvgIpc) is 3.15. The molecule has 0 radical (unpaired) electrons. The van der Waals surface area contributed by atoms with Gasteiger partial charge >= 0.3 is 5.97 Å². The highest BCUT2D eigenvalue weighted by atomic mass is 16.5. The number of benzene rings is 1. The van der Waals surface area contributed by atoms with Crippen molar-refractivity contribution in [3.63, 3.8) is 0 Å². The predicted molar refractivity (Wildman–Crippen MR) is 77.4 cm³/mol. The quantitative estimate of drug-likeness (QED) is 0.766. The van der Waals surface area contributed by atoms with E-state index in [1.54, 1.807) is 0 Å². The molecule has 0 saturated heterocycles. The summed E-state index contributed by atoms with van der Waals surface area (Å²) in [7, 11) is 1.97. The fraction of sp³-hybridized carbons (Fsp3) is 0.562. The number of nitrogens with zero attached hydrogens (tertiary/aromatic N) is 1. The molecule has 0 unspecified atom stereocenters. The van der Waals surface area contributed by atoms with Crippen LogP contribution in [-0.4, -0.2) is 49.3 Å². The van der Waals surface area contributed by atoms with E-state index in [1.807, 2.05) is 44.3 Å². The predicted octanol–water partition coefficient (Wildman–Crippen LogP) is 1.43. The third-order valence-corrected chi connectivity index (χ3v) is 4.05.